The van der Waals surface area contributed by atoms with E-state index in [1.807, 2.05) is 37.3 Å². The zero-order valence-electron chi connectivity index (χ0n) is 19.6. The monoisotopic (exact) mass is 450 g/mol. The molecule has 7 nitrogen and oxygen atoms in total. The van der Waals surface area contributed by atoms with Gasteiger partial charge >= 0.3 is 0 Å². The fourth-order valence-electron chi connectivity index (χ4n) is 4.08. The Morgan fingerprint density at radius 3 is 2.52 bits per heavy atom. The van der Waals surface area contributed by atoms with Crippen molar-refractivity contribution in [3.8, 4) is 11.5 Å². The molecule has 33 heavy (non-hydrogen) atoms. The summed E-state index contributed by atoms with van der Waals surface area (Å²) in [7, 11) is 1.74. The molecule has 0 bridgehead atoms. The number of piperazine rings is 1. The van der Waals surface area contributed by atoms with E-state index in [4.69, 9.17) is 14.0 Å². The van der Waals surface area contributed by atoms with Gasteiger partial charge in [0.15, 0.2) is 5.82 Å². The second-order valence-corrected chi connectivity index (χ2v) is 8.38. The van der Waals surface area contributed by atoms with E-state index in [1.54, 1.807) is 7.11 Å². The lowest BCUT2D eigenvalue weighted by Gasteiger charge is -2.36. The van der Waals surface area contributed by atoms with Crippen LogP contribution in [0.5, 0.6) is 11.5 Å². The average Bonchev–Trinajstić information content (AvgIpc) is 3.28. The predicted octanol–water partition coefficient (Wildman–Crippen LogP) is 4.58. The molecule has 0 saturated carbocycles. The van der Waals surface area contributed by atoms with Gasteiger partial charge in [-0.3, -0.25) is 4.90 Å². The van der Waals surface area contributed by atoms with Gasteiger partial charge in [0.2, 0.25) is 0 Å². The molecular weight excluding hydrogens is 416 g/mol. The lowest BCUT2D eigenvalue weighted by Crippen LogP contribution is -2.46. The van der Waals surface area contributed by atoms with Crippen LogP contribution in [-0.2, 0) is 6.54 Å². The van der Waals surface area contributed by atoms with Crippen LogP contribution in [0, 0.1) is 6.92 Å². The highest BCUT2D eigenvalue weighted by atomic mass is 16.5. The minimum atomic E-state index is 0.705. The number of rotatable bonds is 11. The number of anilines is 2. The zero-order chi connectivity index (χ0) is 22.9. The highest BCUT2D eigenvalue weighted by molar-refractivity contribution is 5.58. The standard InChI is InChI=1S/C26H34N4O3/c1-21-19-26(28-33-21)27-20-22-9-11-23(12-10-22)32-18-6-5-13-29-14-16-30(17-15-29)24-7-3-4-8-25(24)31-2/h3-4,7-12,19H,5-6,13-18,20H2,1-2H3,(H,27,28). The first-order valence-corrected chi connectivity index (χ1v) is 11.7. The molecule has 0 unspecified atom stereocenters. The Hall–Kier alpha value is -3.19. The number of nitrogens with one attached hydrogen (secondary N) is 1. The van der Waals surface area contributed by atoms with Crippen molar-refractivity contribution in [2.24, 2.45) is 0 Å². The second-order valence-electron chi connectivity index (χ2n) is 8.38. The maximum Gasteiger partial charge on any atom is 0.169 e. The molecule has 1 aromatic heterocycles. The van der Waals surface area contributed by atoms with Gasteiger partial charge in [0.25, 0.3) is 0 Å². The predicted molar refractivity (Wildman–Crippen MR) is 131 cm³/mol. The van der Waals surface area contributed by atoms with E-state index < -0.39 is 0 Å². The van der Waals surface area contributed by atoms with Crippen LogP contribution < -0.4 is 19.7 Å². The Kier molecular flexibility index (Phi) is 8.09. The number of hydrogen-bond acceptors (Lipinski definition) is 7. The number of aryl methyl sites for hydroxylation is 1. The number of aromatic nitrogens is 1. The van der Waals surface area contributed by atoms with Gasteiger partial charge in [-0.05, 0) is 56.1 Å². The smallest absolute Gasteiger partial charge is 0.169 e. The van der Waals surface area contributed by atoms with Crippen LogP contribution in [0.3, 0.4) is 0 Å². The van der Waals surface area contributed by atoms with Crippen LogP contribution >= 0.6 is 0 Å². The normalized spacial score (nSPS) is 14.3. The van der Waals surface area contributed by atoms with E-state index in [2.05, 4.69) is 44.5 Å². The largest absolute Gasteiger partial charge is 0.495 e. The number of benzene rings is 2. The highest BCUT2D eigenvalue weighted by Crippen LogP contribution is 2.28. The Bertz CT molecular complexity index is 981. The summed E-state index contributed by atoms with van der Waals surface area (Å²) in [5.74, 6) is 3.43. The van der Waals surface area contributed by atoms with Crippen molar-refractivity contribution in [2.45, 2.75) is 26.3 Å². The van der Waals surface area contributed by atoms with Crippen molar-refractivity contribution in [3.63, 3.8) is 0 Å². The minimum Gasteiger partial charge on any atom is -0.495 e. The van der Waals surface area contributed by atoms with Gasteiger partial charge in [-0.25, -0.2) is 0 Å². The lowest BCUT2D eigenvalue weighted by atomic mass is 10.2. The number of ether oxygens (including phenoxy) is 2. The van der Waals surface area contributed by atoms with E-state index >= 15 is 0 Å². The minimum absolute atomic E-state index is 0.705. The van der Waals surface area contributed by atoms with Crippen molar-refractivity contribution in [1.82, 2.24) is 10.1 Å². The summed E-state index contributed by atoms with van der Waals surface area (Å²) in [6.07, 6.45) is 2.20. The third-order valence-corrected chi connectivity index (χ3v) is 5.96. The van der Waals surface area contributed by atoms with E-state index in [0.717, 1.165) is 75.2 Å². The third kappa shape index (κ3) is 6.65. The van der Waals surface area contributed by atoms with Crippen LogP contribution in [0.25, 0.3) is 0 Å². The first-order valence-electron chi connectivity index (χ1n) is 11.7. The molecule has 1 aliphatic rings. The Morgan fingerprint density at radius 1 is 1.00 bits per heavy atom. The van der Waals surface area contributed by atoms with E-state index in [9.17, 15) is 0 Å². The van der Waals surface area contributed by atoms with Crippen LogP contribution in [0.4, 0.5) is 11.5 Å². The summed E-state index contributed by atoms with van der Waals surface area (Å²) < 4.78 is 16.5. The van der Waals surface area contributed by atoms with Crippen molar-refractivity contribution in [1.29, 1.82) is 0 Å². The fraction of sp³-hybridized carbons (Fsp3) is 0.423. The third-order valence-electron chi connectivity index (χ3n) is 5.96. The molecule has 0 radical (unpaired) electrons. The van der Waals surface area contributed by atoms with Crippen molar-refractivity contribution >= 4 is 11.5 Å². The first-order chi connectivity index (χ1) is 16.2. The topological polar surface area (TPSA) is 63.0 Å². The Morgan fingerprint density at radius 2 is 1.79 bits per heavy atom. The van der Waals surface area contributed by atoms with Gasteiger partial charge in [0.05, 0.1) is 19.4 Å². The van der Waals surface area contributed by atoms with E-state index in [-0.39, 0.29) is 0 Å². The number of nitrogens with zero attached hydrogens (tertiary/aromatic N) is 3. The molecule has 0 amide bonds. The summed E-state index contributed by atoms with van der Waals surface area (Å²) in [4.78, 5) is 4.97. The van der Waals surface area contributed by atoms with Crippen LogP contribution in [0.2, 0.25) is 0 Å². The van der Waals surface area contributed by atoms with E-state index in [1.165, 1.54) is 11.3 Å². The fourth-order valence-corrected chi connectivity index (χ4v) is 4.08. The summed E-state index contributed by atoms with van der Waals surface area (Å²) in [6.45, 7) is 8.70. The van der Waals surface area contributed by atoms with Crippen molar-refractivity contribution in [2.75, 3.05) is 56.7 Å². The molecule has 4 rings (SSSR count). The molecule has 0 aliphatic carbocycles. The average molecular weight is 451 g/mol. The number of hydrogen-bond donors (Lipinski definition) is 1. The quantitative estimate of drug-likeness (QED) is 0.429. The Labute approximate surface area is 196 Å². The number of para-hydroxylation sites is 2. The van der Waals surface area contributed by atoms with Crippen LogP contribution in [0.15, 0.2) is 59.1 Å². The molecule has 0 spiro atoms. The maximum absolute atomic E-state index is 5.93. The molecule has 7 heteroatoms. The highest BCUT2D eigenvalue weighted by Gasteiger charge is 2.19. The summed E-state index contributed by atoms with van der Waals surface area (Å²) >= 11 is 0. The molecule has 176 valence electrons. The van der Waals surface area contributed by atoms with Crippen LogP contribution in [0.1, 0.15) is 24.2 Å². The summed E-state index contributed by atoms with van der Waals surface area (Å²) in [6, 6.07) is 18.4. The van der Waals surface area contributed by atoms with Crippen molar-refractivity contribution in [3.05, 3.63) is 65.9 Å². The molecule has 1 saturated heterocycles. The van der Waals surface area contributed by atoms with Gasteiger partial charge in [-0.2, -0.15) is 0 Å². The van der Waals surface area contributed by atoms with Crippen LogP contribution in [-0.4, -0.2) is 56.5 Å². The van der Waals surface area contributed by atoms with Gasteiger partial charge in [0, 0.05) is 38.8 Å². The SMILES string of the molecule is COc1ccccc1N1CCN(CCCCOc2ccc(CNc3cc(C)on3)cc2)CC1. The number of methoxy groups -OCH3 is 1. The van der Waals surface area contributed by atoms with Crippen molar-refractivity contribution < 1.29 is 14.0 Å². The molecule has 2 heterocycles. The zero-order valence-corrected chi connectivity index (χ0v) is 19.6. The molecular formula is C26H34N4O3. The molecule has 1 fully saturated rings. The summed E-state index contributed by atoms with van der Waals surface area (Å²) in [5.41, 5.74) is 2.37. The second kappa shape index (κ2) is 11.6. The molecule has 2 aromatic carbocycles. The molecule has 3 aromatic rings. The first kappa shape index (κ1) is 23.0. The van der Waals surface area contributed by atoms with Gasteiger partial charge in [0.1, 0.15) is 17.3 Å². The van der Waals surface area contributed by atoms with Gasteiger partial charge in [-0.1, -0.05) is 29.4 Å². The van der Waals surface area contributed by atoms with E-state index in [0.29, 0.717) is 6.54 Å². The van der Waals surface area contributed by atoms with Gasteiger partial charge < -0.3 is 24.2 Å². The van der Waals surface area contributed by atoms with Gasteiger partial charge in [-0.15, -0.1) is 0 Å². The molecule has 0 atom stereocenters. The molecule has 1 N–H and O–H groups in total. The summed E-state index contributed by atoms with van der Waals surface area (Å²) in [5, 5.41) is 7.19. The Balaban J connectivity index is 1.09. The number of unbranched alkanes of at least 4 members (excludes halogenated alkanes) is 1. The lowest BCUT2D eigenvalue weighted by molar-refractivity contribution is 0.238. The molecule has 1 aliphatic heterocycles. The maximum atomic E-state index is 5.93.